The molecular formula is C19H18N4O3S. The maximum absolute atomic E-state index is 12.4. The first-order chi connectivity index (χ1) is 13.1. The molecule has 8 heteroatoms. The van der Waals surface area contributed by atoms with Crippen molar-refractivity contribution in [3.63, 3.8) is 0 Å². The van der Waals surface area contributed by atoms with Crippen molar-refractivity contribution in [2.24, 2.45) is 0 Å². The number of nitrogens with one attached hydrogen (secondary N) is 3. The van der Waals surface area contributed by atoms with Crippen molar-refractivity contribution in [2.45, 2.75) is 16.6 Å². The third kappa shape index (κ3) is 3.75. The number of benzene rings is 2. The minimum absolute atomic E-state index is 0.0687. The van der Waals surface area contributed by atoms with Crippen LogP contribution in [0.2, 0.25) is 0 Å². The molecule has 0 bridgehead atoms. The van der Waals surface area contributed by atoms with Gasteiger partial charge in [-0.25, -0.2) is 4.79 Å². The van der Waals surface area contributed by atoms with Gasteiger partial charge in [0.2, 0.25) is 11.8 Å². The molecule has 2 heterocycles. The molecule has 0 aliphatic carbocycles. The molecule has 1 saturated heterocycles. The summed E-state index contributed by atoms with van der Waals surface area (Å²) in [6, 6.07) is 14.5. The highest BCUT2D eigenvalue weighted by Gasteiger charge is 2.29. The molecule has 2 aliphatic rings. The molecule has 1 unspecified atom stereocenters. The van der Waals surface area contributed by atoms with Gasteiger partial charge in [0.1, 0.15) is 0 Å². The Morgan fingerprint density at radius 3 is 2.85 bits per heavy atom. The fourth-order valence-electron chi connectivity index (χ4n) is 3.08. The average Bonchev–Trinajstić information content (AvgIpc) is 3.08. The topological polar surface area (TPSA) is 90.5 Å². The Morgan fingerprint density at radius 1 is 1.19 bits per heavy atom. The summed E-state index contributed by atoms with van der Waals surface area (Å²) in [6.45, 7) is 1.19. The molecule has 4 rings (SSSR count). The van der Waals surface area contributed by atoms with E-state index in [0.29, 0.717) is 18.8 Å². The van der Waals surface area contributed by atoms with E-state index in [2.05, 4.69) is 16.0 Å². The molecular weight excluding hydrogens is 364 g/mol. The SMILES string of the molecule is O=C(CC1Sc2ccccc2NC1=O)Nc1cccc(N2CCNC2=O)c1. The van der Waals surface area contributed by atoms with Gasteiger partial charge < -0.3 is 16.0 Å². The number of urea groups is 1. The highest BCUT2D eigenvalue weighted by Crippen LogP contribution is 2.36. The number of carbonyl (C=O) groups excluding carboxylic acids is 3. The normalized spacial score (nSPS) is 18.5. The van der Waals surface area contributed by atoms with Crippen LogP contribution in [0, 0.1) is 0 Å². The number of amides is 4. The molecule has 0 aromatic heterocycles. The summed E-state index contributed by atoms with van der Waals surface area (Å²) in [5.74, 6) is -0.415. The number of para-hydroxylation sites is 1. The molecule has 7 nitrogen and oxygen atoms in total. The number of carbonyl (C=O) groups is 3. The molecule has 138 valence electrons. The molecule has 0 saturated carbocycles. The Labute approximate surface area is 160 Å². The van der Waals surface area contributed by atoms with Gasteiger partial charge in [0, 0.05) is 35.8 Å². The Balaban J connectivity index is 1.41. The molecule has 4 amide bonds. The van der Waals surface area contributed by atoms with Crippen molar-refractivity contribution < 1.29 is 14.4 Å². The van der Waals surface area contributed by atoms with Crippen molar-refractivity contribution in [2.75, 3.05) is 28.6 Å². The van der Waals surface area contributed by atoms with E-state index in [9.17, 15) is 14.4 Å². The van der Waals surface area contributed by atoms with Gasteiger partial charge in [0.05, 0.1) is 10.9 Å². The Kier molecular flexibility index (Phi) is 4.72. The minimum Gasteiger partial charge on any atom is -0.336 e. The first kappa shape index (κ1) is 17.4. The number of hydrogen-bond acceptors (Lipinski definition) is 4. The standard InChI is InChI=1S/C19H18N4O3S/c24-17(11-16-18(25)22-14-6-1-2-7-15(14)27-16)21-12-4-3-5-13(10-12)23-9-8-20-19(23)26/h1-7,10,16H,8-9,11H2,(H,20,26)(H,21,24)(H,22,25). The Morgan fingerprint density at radius 2 is 2.04 bits per heavy atom. The Hall–Kier alpha value is -3.00. The highest BCUT2D eigenvalue weighted by molar-refractivity contribution is 8.01. The van der Waals surface area contributed by atoms with Crippen LogP contribution in [0.1, 0.15) is 6.42 Å². The van der Waals surface area contributed by atoms with Crippen LogP contribution in [-0.4, -0.2) is 36.2 Å². The van der Waals surface area contributed by atoms with Crippen LogP contribution in [0.15, 0.2) is 53.4 Å². The molecule has 2 aromatic carbocycles. The van der Waals surface area contributed by atoms with Crippen molar-refractivity contribution in [3.05, 3.63) is 48.5 Å². The maximum Gasteiger partial charge on any atom is 0.321 e. The zero-order valence-electron chi connectivity index (χ0n) is 14.4. The number of thioether (sulfide) groups is 1. The number of fused-ring (bicyclic) bond motifs is 1. The predicted octanol–water partition coefficient (Wildman–Crippen LogP) is 2.66. The fraction of sp³-hybridized carbons (Fsp3) is 0.211. The van der Waals surface area contributed by atoms with Crippen molar-refractivity contribution in [1.82, 2.24) is 5.32 Å². The van der Waals surface area contributed by atoms with E-state index in [-0.39, 0.29) is 24.3 Å². The number of hydrogen-bond donors (Lipinski definition) is 3. The van der Waals surface area contributed by atoms with Crippen LogP contribution in [0.5, 0.6) is 0 Å². The van der Waals surface area contributed by atoms with E-state index in [0.717, 1.165) is 16.3 Å². The van der Waals surface area contributed by atoms with Crippen LogP contribution in [0.3, 0.4) is 0 Å². The van der Waals surface area contributed by atoms with Gasteiger partial charge in [0.15, 0.2) is 0 Å². The van der Waals surface area contributed by atoms with Crippen LogP contribution in [0.25, 0.3) is 0 Å². The third-order valence-corrected chi connectivity index (χ3v) is 5.65. The van der Waals surface area contributed by atoms with Gasteiger partial charge in [0.25, 0.3) is 0 Å². The lowest BCUT2D eigenvalue weighted by molar-refractivity contribution is -0.120. The van der Waals surface area contributed by atoms with Crippen molar-refractivity contribution in [3.8, 4) is 0 Å². The number of rotatable bonds is 4. The minimum atomic E-state index is -0.479. The summed E-state index contributed by atoms with van der Waals surface area (Å²) in [6.07, 6.45) is 0.0687. The molecule has 2 aromatic rings. The van der Waals surface area contributed by atoms with E-state index in [1.54, 1.807) is 23.1 Å². The van der Waals surface area contributed by atoms with Crippen molar-refractivity contribution in [1.29, 1.82) is 0 Å². The highest BCUT2D eigenvalue weighted by atomic mass is 32.2. The van der Waals surface area contributed by atoms with Gasteiger partial charge >= 0.3 is 6.03 Å². The summed E-state index contributed by atoms with van der Waals surface area (Å²) in [5, 5.41) is 7.93. The van der Waals surface area contributed by atoms with E-state index in [1.165, 1.54) is 11.8 Å². The lowest BCUT2D eigenvalue weighted by atomic mass is 10.2. The first-order valence-electron chi connectivity index (χ1n) is 8.62. The second-order valence-electron chi connectivity index (χ2n) is 6.28. The summed E-state index contributed by atoms with van der Waals surface area (Å²) >= 11 is 1.39. The van der Waals surface area contributed by atoms with Crippen LogP contribution in [-0.2, 0) is 9.59 Å². The number of nitrogens with zero attached hydrogens (tertiary/aromatic N) is 1. The summed E-state index contributed by atoms with van der Waals surface area (Å²) in [7, 11) is 0. The second kappa shape index (κ2) is 7.32. The molecule has 27 heavy (non-hydrogen) atoms. The van der Waals surface area contributed by atoms with Gasteiger partial charge in [-0.15, -0.1) is 11.8 Å². The molecule has 0 spiro atoms. The van der Waals surface area contributed by atoms with E-state index in [4.69, 9.17) is 0 Å². The molecule has 0 radical (unpaired) electrons. The van der Waals surface area contributed by atoms with Gasteiger partial charge in [-0.3, -0.25) is 14.5 Å². The first-order valence-corrected chi connectivity index (χ1v) is 9.50. The van der Waals surface area contributed by atoms with Gasteiger partial charge in [-0.2, -0.15) is 0 Å². The molecule has 2 aliphatic heterocycles. The predicted molar refractivity (Wildman–Crippen MR) is 105 cm³/mol. The molecule has 3 N–H and O–H groups in total. The molecule has 1 atom stereocenters. The van der Waals surface area contributed by atoms with Crippen LogP contribution < -0.4 is 20.9 Å². The maximum atomic E-state index is 12.4. The number of anilines is 3. The summed E-state index contributed by atoms with van der Waals surface area (Å²) in [5.41, 5.74) is 2.10. The van der Waals surface area contributed by atoms with E-state index < -0.39 is 5.25 Å². The second-order valence-corrected chi connectivity index (χ2v) is 7.52. The average molecular weight is 382 g/mol. The van der Waals surface area contributed by atoms with E-state index >= 15 is 0 Å². The third-order valence-electron chi connectivity index (χ3n) is 4.38. The quantitative estimate of drug-likeness (QED) is 0.758. The van der Waals surface area contributed by atoms with E-state index in [1.807, 2.05) is 30.3 Å². The van der Waals surface area contributed by atoms with Gasteiger partial charge in [-0.1, -0.05) is 18.2 Å². The Bertz CT molecular complexity index is 917. The van der Waals surface area contributed by atoms with Crippen LogP contribution in [0.4, 0.5) is 21.9 Å². The summed E-state index contributed by atoms with van der Waals surface area (Å²) in [4.78, 5) is 39.0. The van der Waals surface area contributed by atoms with Crippen LogP contribution >= 0.6 is 11.8 Å². The smallest absolute Gasteiger partial charge is 0.321 e. The fourth-order valence-corrected chi connectivity index (χ4v) is 4.19. The monoisotopic (exact) mass is 382 g/mol. The summed E-state index contributed by atoms with van der Waals surface area (Å²) < 4.78 is 0. The lowest BCUT2D eigenvalue weighted by Crippen LogP contribution is -2.32. The lowest BCUT2D eigenvalue weighted by Gasteiger charge is -2.23. The zero-order valence-corrected chi connectivity index (χ0v) is 15.2. The van der Waals surface area contributed by atoms with Gasteiger partial charge in [-0.05, 0) is 30.3 Å². The largest absolute Gasteiger partial charge is 0.336 e. The van der Waals surface area contributed by atoms with Crippen molar-refractivity contribution >= 4 is 46.7 Å². The zero-order chi connectivity index (χ0) is 18.8. The molecule has 1 fully saturated rings.